The van der Waals surface area contributed by atoms with E-state index in [1.165, 1.54) is 36.9 Å². The molecule has 1 aromatic carbocycles. The number of amides is 2. The molecule has 0 bridgehead atoms. The molecule has 4 rings (SSSR count). The Bertz CT molecular complexity index is 1070. The Balaban J connectivity index is 1.44. The third-order valence-corrected chi connectivity index (χ3v) is 7.04. The zero-order valence-electron chi connectivity index (χ0n) is 18.9. The number of nitrogens with one attached hydrogen (secondary N) is 2. The molecular weight excluding hydrogens is 438 g/mol. The molecule has 1 fully saturated rings. The number of hydrogen-bond donors (Lipinski definition) is 2. The van der Waals surface area contributed by atoms with Gasteiger partial charge < -0.3 is 19.8 Å². The van der Waals surface area contributed by atoms with Crippen LogP contribution in [0.1, 0.15) is 56.7 Å². The molecule has 0 saturated carbocycles. The molecule has 1 saturated heterocycles. The number of carbonyl (C=O) groups excluding carboxylic acids is 2. The largest absolute Gasteiger partial charge is 0.497 e. The Morgan fingerprint density at radius 2 is 1.88 bits per heavy atom. The highest BCUT2D eigenvalue weighted by Gasteiger charge is 2.24. The van der Waals surface area contributed by atoms with Crippen LogP contribution < -0.4 is 15.4 Å². The van der Waals surface area contributed by atoms with Crippen LogP contribution in [0.15, 0.2) is 53.1 Å². The van der Waals surface area contributed by atoms with Gasteiger partial charge in [0.15, 0.2) is 5.76 Å². The van der Waals surface area contributed by atoms with Crippen molar-refractivity contribution in [2.24, 2.45) is 0 Å². The van der Waals surface area contributed by atoms with Crippen LogP contribution in [0.4, 0.5) is 5.00 Å². The third-order valence-electron chi connectivity index (χ3n) is 5.89. The molecule has 1 aliphatic heterocycles. The van der Waals surface area contributed by atoms with Crippen LogP contribution in [0.2, 0.25) is 0 Å². The van der Waals surface area contributed by atoms with Crippen LogP contribution in [0.5, 0.6) is 5.75 Å². The number of carbonyl (C=O) groups is 2. The average Bonchev–Trinajstić information content (AvgIpc) is 3.50. The predicted octanol–water partition coefficient (Wildman–Crippen LogP) is 4.87. The fraction of sp³-hybridized carbons (Fsp3) is 0.360. The zero-order chi connectivity index (χ0) is 23.2. The molecule has 1 atom stereocenters. The number of furan rings is 1. The van der Waals surface area contributed by atoms with Gasteiger partial charge in [0.05, 0.1) is 29.3 Å². The molecule has 3 heterocycles. The second-order valence-electron chi connectivity index (χ2n) is 8.15. The molecule has 7 nitrogen and oxygen atoms in total. The lowest BCUT2D eigenvalue weighted by Gasteiger charge is -2.35. The maximum atomic E-state index is 13.0. The second-order valence-corrected chi connectivity index (χ2v) is 9.20. The van der Waals surface area contributed by atoms with Gasteiger partial charge >= 0.3 is 0 Å². The van der Waals surface area contributed by atoms with E-state index in [4.69, 9.17) is 9.15 Å². The van der Waals surface area contributed by atoms with Crippen LogP contribution in [0.25, 0.3) is 0 Å². The van der Waals surface area contributed by atoms with Crippen LogP contribution >= 0.6 is 11.3 Å². The summed E-state index contributed by atoms with van der Waals surface area (Å²) in [5.74, 6) is 0.582. The van der Waals surface area contributed by atoms with Gasteiger partial charge in [0.1, 0.15) is 5.75 Å². The summed E-state index contributed by atoms with van der Waals surface area (Å²) in [6, 6.07) is 13.2. The molecule has 0 spiro atoms. The number of anilines is 1. The van der Waals surface area contributed by atoms with Gasteiger partial charge in [0.2, 0.25) is 0 Å². The van der Waals surface area contributed by atoms with E-state index in [1.807, 2.05) is 25.1 Å². The third kappa shape index (κ3) is 5.64. The molecule has 0 unspecified atom stereocenters. The van der Waals surface area contributed by atoms with Crippen LogP contribution in [-0.4, -0.2) is 43.5 Å². The maximum Gasteiger partial charge on any atom is 0.291 e. The molecular formula is C25H29N3O4S. The lowest BCUT2D eigenvalue weighted by molar-refractivity contribution is 0.0927. The summed E-state index contributed by atoms with van der Waals surface area (Å²) in [7, 11) is 1.66. The van der Waals surface area contributed by atoms with Crippen LogP contribution in [0.3, 0.4) is 0 Å². The van der Waals surface area contributed by atoms with Crippen molar-refractivity contribution >= 4 is 28.2 Å². The highest BCUT2D eigenvalue weighted by Crippen LogP contribution is 2.29. The first-order chi connectivity index (χ1) is 16.0. The SMILES string of the molecule is COc1ccc([C@H](CNC(=O)c2sc(NC(=O)c3ccco3)cc2C)N2CCCCC2)cc1. The Morgan fingerprint density at radius 1 is 1.12 bits per heavy atom. The van der Waals surface area contributed by atoms with Crippen molar-refractivity contribution in [2.45, 2.75) is 32.2 Å². The average molecular weight is 468 g/mol. The maximum absolute atomic E-state index is 13.0. The van der Waals surface area contributed by atoms with E-state index in [0.717, 1.165) is 30.0 Å². The Kier molecular flexibility index (Phi) is 7.47. The normalized spacial score (nSPS) is 15.1. The summed E-state index contributed by atoms with van der Waals surface area (Å²) in [4.78, 5) is 28.3. The lowest BCUT2D eigenvalue weighted by Crippen LogP contribution is -2.40. The Labute approximate surface area is 197 Å². The van der Waals surface area contributed by atoms with Gasteiger partial charge in [-0.05, 0) is 74.3 Å². The molecule has 0 radical (unpaired) electrons. The van der Waals surface area contributed by atoms with E-state index >= 15 is 0 Å². The van der Waals surface area contributed by atoms with Gasteiger partial charge in [-0.25, -0.2) is 0 Å². The molecule has 0 aliphatic carbocycles. The lowest BCUT2D eigenvalue weighted by atomic mass is 10.0. The molecule has 2 aromatic heterocycles. The van der Waals surface area contributed by atoms with Gasteiger partial charge in [-0.1, -0.05) is 18.6 Å². The first kappa shape index (κ1) is 23.1. The minimum absolute atomic E-state index is 0.0959. The Hall–Kier alpha value is -3.10. The number of nitrogens with zero attached hydrogens (tertiary/aromatic N) is 1. The van der Waals surface area contributed by atoms with Crippen molar-refractivity contribution in [3.8, 4) is 5.75 Å². The molecule has 1 aliphatic rings. The number of thiophene rings is 1. The number of likely N-dealkylation sites (tertiary alicyclic amines) is 1. The number of benzene rings is 1. The second kappa shape index (κ2) is 10.7. The number of rotatable bonds is 8. The summed E-state index contributed by atoms with van der Waals surface area (Å²) in [6.45, 7) is 4.43. The van der Waals surface area contributed by atoms with E-state index in [9.17, 15) is 9.59 Å². The summed E-state index contributed by atoms with van der Waals surface area (Å²) < 4.78 is 10.4. The molecule has 33 heavy (non-hydrogen) atoms. The molecule has 3 aromatic rings. The van der Waals surface area contributed by atoms with E-state index in [-0.39, 0.29) is 23.6 Å². The number of aryl methyl sites for hydroxylation is 1. The first-order valence-electron chi connectivity index (χ1n) is 11.2. The minimum atomic E-state index is -0.335. The van der Waals surface area contributed by atoms with Crippen molar-refractivity contribution < 1.29 is 18.7 Å². The molecule has 8 heteroatoms. The number of piperidine rings is 1. The van der Waals surface area contributed by atoms with Crippen LogP contribution in [-0.2, 0) is 0 Å². The summed E-state index contributed by atoms with van der Waals surface area (Å²) in [5.41, 5.74) is 1.98. The van der Waals surface area contributed by atoms with E-state index < -0.39 is 0 Å². The smallest absolute Gasteiger partial charge is 0.291 e. The number of hydrogen-bond acceptors (Lipinski definition) is 6. The minimum Gasteiger partial charge on any atom is -0.497 e. The summed E-state index contributed by atoms with van der Waals surface area (Å²) >= 11 is 1.27. The van der Waals surface area contributed by atoms with Crippen molar-refractivity contribution in [1.82, 2.24) is 10.2 Å². The quantitative estimate of drug-likeness (QED) is 0.494. The first-order valence-corrected chi connectivity index (χ1v) is 12.0. The predicted molar refractivity (Wildman–Crippen MR) is 129 cm³/mol. The van der Waals surface area contributed by atoms with E-state index in [2.05, 4.69) is 27.7 Å². The number of ether oxygens (including phenoxy) is 1. The fourth-order valence-corrected chi connectivity index (χ4v) is 5.12. The molecule has 2 amide bonds. The highest BCUT2D eigenvalue weighted by molar-refractivity contribution is 7.18. The summed E-state index contributed by atoms with van der Waals surface area (Å²) in [6.07, 6.45) is 5.04. The fourth-order valence-electron chi connectivity index (χ4n) is 4.13. The van der Waals surface area contributed by atoms with E-state index in [1.54, 1.807) is 19.2 Å². The van der Waals surface area contributed by atoms with Crippen molar-refractivity contribution in [3.05, 3.63) is 70.5 Å². The van der Waals surface area contributed by atoms with Gasteiger partial charge in [-0.15, -0.1) is 11.3 Å². The van der Waals surface area contributed by atoms with Gasteiger partial charge in [-0.2, -0.15) is 0 Å². The summed E-state index contributed by atoms with van der Waals surface area (Å²) in [5, 5.41) is 6.54. The van der Waals surface area contributed by atoms with Gasteiger partial charge in [-0.3, -0.25) is 14.5 Å². The molecule has 174 valence electrons. The monoisotopic (exact) mass is 467 g/mol. The number of methoxy groups -OCH3 is 1. The zero-order valence-corrected chi connectivity index (χ0v) is 19.7. The van der Waals surface area contributed by atoms with Gasteiger partial charge in [0, 0.05) is 6.54 Å². The molecule has 2 N–H and O–H groups in total. The van der Waals surface area contributed by atoms with Crippen molar-refractivity contribution in [1.29, 1.82) is 0 Å². The van der Waals surface area contributed by atoms with Crippen molar-refractivity contribution in [3.63, 3.8) is 0 Å². The standard InChI is InChI=1S/C25H29N3O4S/c1-17-15-22(27-24(29)21-7-6-14-32-21)33-23(17)25(30)26-16-20(28-12-4-3-5-13-28)18-8-10-19(31-2)11-9-18/h6-11,14-15,20H,3-5,12-13,16H2,1-2H3,(H,26,30)(H,27,29)/t20-/m0/s1. The van der Waals surface area contributed by atoms with Gasteiger partial charge in [0.25, 0.3) is 11.8 Å². The Morgan fingerprint density at radius 3 is 2.55 bits per heavy atom. The van der Waals surface area contributed by atoms with Crippen molar-refractivity contribution in [2.75, 3.05) is 32.1 Å². The van der Waals surface area contributed by atoms with E-state index in [0.29, 0.717) is 16.4 Å². The topological polar surface area (TPSA) is 83.8 Å². The highest BCUT2D eigenvalue weighted by atomic mass is 32.1. The van der Waals surface area contributed by atoms with Crippen LogP contribution in [0, 0.1) is 6.92 Å².